The van der Waals surface area contributed by atoms with Gasteiger partial charge < -0.3 is 10.2 Å². The Morgan fingerprint density at radius 2 is 1.63 bits per heavy atom. The van der Waals surface area contributed by atoms with Crippen LogP contribution in [-0.4, -0.2) is 47.3 Å². The van der Waals surface area contributed by atoms with Gasteiger partial charge >= 0.3 is 6.03 Å². The zero-order valence-corrected chi connectivity index (χ0v) is 16.6. The molecular weight excluding hydrogens is 349 g/mol. The Morgan fingerprint density at radius 3 is 2.11 bits per heavy atom. The molecule has 148 valence electrons. The lowest BCUT2D eigenvalue weighted by molar-refractivity contribution is -0.139. The first-order valence-electron chi connectivity index (χ1n) is 9.22. The highest BCUT2D eigenvalue weighted by Crippen LogP contribution is 2.29. The van der Waals surface area contributed by atoms with Gasteiger partial charge in [0, 0.05) is 13.1 Å². The van der Waals surface area contributed by atoms with E-state index in [0.29, 0.717) is 18.7 Å². The van der Waals surface area contributed by atoms with Gasteiger partial charge in [-0.2, -0.15) is 0 Å². The van der Waals surface area contributed by atoms with Crippen LogP contribution in [0.25, 0.3) is 0 Å². The maximum Gasteiger partial charge on any atom is 0.325 e. The van der Waals surface area contributed by atoms with Crippen molar-refractivity contribution in [3.05, 3.63) is 35.6 Å². The lowest BCUT2D eigenvalue weighted by Gasteiger charge is -2.28. The van der Waals surface area contributed by atoms with Crippen molar-refractivity contribution in [3.63, 3.8) is 0 Å². The summed E-state index contributed by atoms with van der Waals surface area (Å²) in [6, 6.07) is 4.78. The predicted octanol–water partition coefficient (Wildman–Crippen LogP) is 2.73. The van der Waals surface area contributed by atoms with E-state index in [2.05, 4.69) is 5.32 Å². The maximum absolute atomic E-state index is 13.2. The summed E-state index contributed by atoms with van der Waals surface area (Å²) < 4.78 is 13.2. The van der Waals surface area contributed by atoms with Crippen LogP contribution in [0.15, 0.2) is 24.3 Å². The first kappa shape index (κ1) is 20.9. The van der Waals surface area contributed by atoms with Gasteiger partial charge in [0.15, 0.2) is 0 Å². The van der Waals surface area contributed by atoms with Gasteiger partial charge in [0.2, 0.25) is 5.91 Å². The lowest BCUT2D eigenvalue weighted by atomic mass is 9.92. The van der Waals surface area contributed by atoms with Gasteiger partial charge in [-0.25, -0.2) is 9.18 Å². The second-order valence-corrected chi connectivity index (χ2v) is 8.04. The van der Waals surface area contributed by atoms with E-state index in [1.54, 1.807) is 11.8 Å². The monoisotopic (exact) mass is 377 g/mol. The first-order valence-corrected chi connectivity index (χ1v) is 9.22. The molecule has 27 heavy (non-hydrogen) atoms. The van der Waals surface area contributed by atoms with E-state index in [4.69, 9.17) is 0 Å². The van der Waals surface area contributed by atoms with Crippen LogP contribution in [0, 0.1) is 17.7 Å². The third-order valence-corrected chi connectivity index (χ3v) is 4.51. The number of benzene rings is 1. The Bertz CT molecular complexity index is 708. The fourth-order valence-electron chi connectivity index (χ4n) is 3.21. The van der Waals surface area contributed by atoms with Crippen molar-refractivity contribution in [1.29, 1.82) is 0 Å². The van der Waals surface area contributed by atoms with Crippen molar-refractivity contribution in [2.24, 2.45) is 11.8 Å². The van der Waals surface area contributed by atoms with Gasteiger partial charge in [0.25, 0.3) is 5.91 Å². The van der Waals surface area contributed by atoms with Gasteiger partial charge in [-0.1, -0.05) is 39.8 Å². The normalized spacial score (nSPS) is 19.8. The molecule has 1 aliphatic heterocycles. The summed E-state index contributed by atoms with van der Waals surface area (Å²) in [7, 11) is 0. The Hall–Kier alpha value is -2.44. The minimum Gasteiger partial charge on any atom is -0.341 e. The van der Waals surface area contributed by atoms with E-state index in [1.165, 1.54) is 24.3 Å². The van der Waals surface area contributed by atoms with Crippen molar-refractivity contribution in [2.45, 2.75) is 40.2 Å². The number of halogens is 1. The zero-order chi connectivity index (χ0) is 20.4. The van der Waals surface area contributed by atoms with Crippen LogP contribution in [-0.2, 0) is 15.1 Å². The van der Waals surface area contributed by atoms with Gasteiger partial charge in [-0.15, -0.1) is 0 Å². The molecule has 6 nitrogen and oxygen atoms in total. The molecule has 2 rings (SSSR count). The van der Waals surface area contributed by atoms with E-state index in [0.717, 1.165) is 4.90 Å². The molecule has 1 atom stereocenters. The van der Waals surface area contributed by atoms with E-state index in [9.17, 15) is 18.8 Å². The average molecular weight is 377 g/mol. The Morgan fingerprint density at radius 1 is 1.11 bits per heavy atom. The van der Waals surface area contributed by atoms with Crippen LogP contribution >= 0.6 is 0 Å². The number of rotatable bonds is 7. The molecule has 1 aromatic rings. The van der Waals surface area contributed by atoms with E-state index in [1.807, 2.05) is 27.7 Å². The second kappa shape index (κ2) is 8.06. The topological polar surface area (TPSA) is 69.7 Å². The van der Waals surface area contributed by atoms with Gasteiger partial charge in [-0.3, -0.25) is 14.5 Å². The van der Waals surface area contributed by atoms with E-state index in [-0.39, 0.29) is 24.3 Å². The highest BCUT2D eigenvalue weighted by molar-refractivity contribution is 6.09. The zero-order valence-electron chi connectivity index (χ0n) is 16.6. The van der Waals surface area contributed by atoms with Crippen LogP contribution < -0.4 is 5.32 Å². The molecule has 0 aliphatic carbocycles. The highest BCUT2D eigenvalue weighted by atomic mass is 19.1. The molecule has 7 heteroatoms. The fraction of sp³-hybridized carbons (Fsp3) is 0.550. The maximum atomic E-state index is 13.2. The number of carbonyl (C=O) groups is 3. The van der Waals surface area contributed by atoms with Crippen molar-refractivity contribution in [2.75, 3.05) is 19.6 Å². The number of carbonyl (C=O) groups excluding carboxylic acids is 3. The number of amides is 4. The van der Waals surface area contributed by atoms with Crippen molar-refractivity contribution >= 4 is 17.8 Å². The highest BCUT2D eigenvalue weighted by Gasteiger charge is 2.49. The molecule has 0 spiro atoms. The number of imide groups is 1. The molecule has 0 bridgehead atoms. The molecule has 0 radical (unpaired) electrons. The molecule has 1 fully saturated rings. The molecule has 1 saturated heterocycles. The van der Waals surface area contributed by atoms with Gasteiger partial charge in [0.05, 0.1) is 0 Å². The predicted molar refractivity (Wildman–Crippen MR) is 100 cm³/mol. The summed E-state index contributed by atoms with van der Waals surface area (Å²) in [5.41, 5.74) is -0.843. The summed E-state index contributed by atoms with van der Waals surface area (Å²) in [6.45, 7) is 10.4. The van der Waals surface area contributed by atoms with Crippen LogP contribution in [0.4, 0.5) is 9.18 Å². The smallest absolute Gasteiger partial charge is 0.325 e. The fourth-order valence-corrected chi connectivity index (χ4v) is 3.21. The van der Waals surface area contributed by atoms with Gasteiger partial charge in [0.1, 0.15) is 17.9 Å². The molecular formula is C20H28FN3O3. The minimum atomic E-state index is -1.31. The second-order valence-electron chi connectivity index (χ2n) is 8.04. The van der Waals surface area contributed by atoms with Crippen LogP contribution in [0.2, 0.25) is 0 Å². The van der Waals surface area contributed by atoms with Crippen LogP contribution in [0.1, 0.15) is 40.2 Å². The summed E-state index contributed by atoms with van der Waals surface area (Å²) in [5.74, 6) is -0.643. The summed E-state index contributed by atoms with van der Waals surface area (Å²) in [6.07, 6.45) is 0. The summed E-state index contributed by atoms with van der Waals surface area (Å²) in [4.78, 5) is 40.7. The Balaban J connectivity index is 2.18. The van der Waals surface area contributed by atoms with Crippen molar-refractivity contribution in [3.8, 4) is 0 Å². The number of urea groups is 1. The minimum absolute atomic E-state index is 0.260. The largest absolute Gasteiger partial charge is 0.341 e. The third-order valence-electron chi connectivity index (χ3n) is 4.51. The summed E-state index contributed by atoms with van der Waals surface area (Å²) in [5, 5.41) is 2.64. The number of hydrogen-bond donors (Lipinski definition) is 1. The molecule has 1 aliphatic rings. The molecule has 1 heterocycles. The number of hydrogen-bond acceptors (Lipinski definition) is 3. The standard InChI is InChI=1S/C20H28FN3O3/c1-13(2)10-23(11-14(3)4)17(25)12-24-18(26)20(5,22-19(24)27)15-6-8-16(21)9-7-15/h6-9,13-14H,10-12H2,1-5H3,(H,22,27). The molecule has 1 N–H and O–H groups in total. The van der Waals surface area contributed by atoms with E-state index >= 15 is 0 Å². The SMILES string of the molecule is CC(C)CN(CC(C)C)C(=O)CN1C(=O)NC(C)(c2ccc(F)cc2)C1=O. The molecule has 4 amide bonds. The van der Waals surface area contributed by atoms with Crippen molar-refractivity contribution < 1.29 is 18.8 Å². The first-order chi connectivity index (χ1) is 12.5. The van der Waals surface area contributed by atoms with Gasteiger partial charge in [-0.05, 0) is 36.5 Å². The van der Waals surface area contributed by atoms with Crippen LogP contribution in [0.5, 0.6) is 0 Å². The Kier molecular flexibility index (Phi) is 6.23. The third kappa shape index (κ3) is 4.64. The average Bonchev–Trinajstić information content (AvgIpc) is 2.78. The van der Waals surface area contributed by atoms with Crippen LogP contribution in [0.3, 0.4) is 0 Å². The molecule has 1 aromatic carbocycles. The summed E-state index contributed by atoms with van der Waals surface area (Å²) >= 11 is 0. The number of nitrogens with one attached hydrogen (secondary N) is 1. The molecule has 0 saturated carbocycles. The lowest BCUT2D eigenvalue weighted by Crippen LogP contribution is -2.46. The quantitative estimate of drug-likeness (QED) is 0.743. The van der Waals surface area contributed by atoms with E-state index < -0.39 is 23.3 Å². The molecule has 0 aromatic heterocycles. The Labute approximate surface area is 159 Å². The molecule has 1 unspecified atom stereocenters. The van der Waals surface area contributed by atoms with Crippen molar-refractivity contribution in [1.82, 2.24) is 15.1 Å². The number of nitrogens with zero attached hydrogens (tertiary/aromatic N) is 2.